The van der Waals surface area contributed by atoms with E-state index in [2.05, 4.69) is 15.9 Å². The van der Waals surface area contributed by atoms with Gasteiger partial charge in [0, 0.05) is 9.35 Å². The zero-order valence-corrected chi connectivity index (χ0v) is 11.3. The molecule has 0 saturated carbocycles. The van der Waals surface area contributed by atoms with Crippen molar-refractivity contribution in [2.75, 3.05) is 0 Å². The molecule has 2 heterocycles. The highest BCUT2D eigenvalue weighted by molar-refractivity contribution is 9.10. The van der Waals surface area contributed by atoms with Crippen LogP contribution >= 0.6 is 38.9 Å². The number of hydrogen-bond acceptors (Lipinski definition) is 3. The van der Waals surface area contributed by atoms with Gasteiger partial charge in [0.1, 0.15) is 9.94 Å². The number of thiophene rings is 1. The molecule has 0 aromatic carbocycles. The molecule has 0 amide bonds. The van der Waals surface area contributed by atoms with E-state index in [1.807, 2.05) is 13.0 Å². The molecule has 1 saturated heterocycles. The number of halogens is 2. The molecule has 2 atom stereocenters. The van der Waals surface area contributed by atoms with Crippen LogP contribution in [0.3, 0.4) is 0 Å². The first kappa shape index (κ1) is 11.6. The van der Waals surface area contributed by atoms with Crippen molar-refractivity contribution >= 4 is 45.2 Å². The third-order valence-corrected chi connectivity index (χ3v) is 5.11. The van der Waals surface area contributed by atoms with Crippen LogP contribution in [0.15, 0.2) is 10.5 Å². The van der Waals surface area contributed by atoms with Crippen molar-refractivity contribution in [3.05, 3.63) is 19.8 Å². The fraction of sp³-hybridized carbons (Fsp3) is 0.500. The molecular formula is C10H10BrClO2S. The molecule has 2 nitrogen and oxygen atoms in total. The van der Waals surface area contributed by atoms with Crippen LogP contribution in [0, 0.1) is 0 Å². The van der Waals surface area contributed by atoms with Crippen molar-refractivity contribution in [3.8, 4) is 0 Å². The number of aldehydes is 1. The zero-order chi connectivity index (χ0) is 11.1. The first-order chi connectivity index (χ1) is 7.04. The van der Waals surface area contributed by atoms with Gasteiger partial charge in [-0.15, -0.1) is 11.3 Å². The fourth-order valence-corrected chi connectivity index (χ4v) is 3.47. The smallest absolute Gasteiger partial charge is 0.151 e. The van der Waals surface area contributed by atoms with Crippen LogP contribution in [0.4, 0.5) is 0 Å². The summed E-state index contributed by atoms with van der Waals surface area (Å²) in [6.07, 6.45) is 2.54. The second-order valence-corrected chi connectivity index (χ2v) is 6.39. The first-order valence-electron chi connectivity index (χ1n) is 4.63. The molecule has 0 spiro atoms. The largest absolute Gasteiger partial charge is 0.359 e. The summed E-state index contributed by atoms with van der Waals surface area (Å²) in [6.45, 7) is 1.82. The first-order valence-corrected chi connectivity index (χ1v) is 6.62. The van der Waals surface area contributed by atoms with E-state index < -0.39 is 5.60 Å². The van der Waals surface area contributed by atoms with E-state index >= 15 is 0 Å². The van der Waals surface area contributed by atoms with E-state index in [4.69, 9.17) is 16.3 Å². The average Bonchev–Trinajstić information content (AvgIpc) is 2.73. The van der Waals surface area contributed by atoms with Crippen LogP contribution in [0.5, 0.6) is 0 Å². The van der Waals surface area contributed by atoms with Crippen LogP contribution in [0.25, 0.3) is 0 Å². The van der Waals surface area contributed by atoms with Gasteiger partial charge in [-0.05, 0) is 41.8 Å². The van der Waals surface area contributed by atoms with Gasteiger partial charge in [-0.2, -0.15) is 0 Å². The van der Waals surface area contributed by atoms with Crippen LogP contribution in [0.2, 0.25) is 4.34 Å². The predicted molar refractivity (Wildman–Crippen MR) is 64.6 cm³/mol. The van der Waals surface area contributed by atoms with E-state index in [1.165, 1.54) is 11.3 Å². The molecule has 0 radical (unpaired) electrons. The lowest BCUT2D eigenvalue weighted by Crippen LogP contribution is -2.24. The molecule has 1 fully saturated rings. The zero-order valence-electron chi connectivity index (χ0n) is 8.13. The molecule has 1 aromatic heterocycles. The Labute approximate surface area is 106 Å². The maximum Gasteiger partial charge on any atom is 0.151 e. The summed E-state index contributed by atoms with van der Waals surface area (Å²) < 4.78 is 7.34. The normalized spacial score (nSPS) is 30.7. The third kappa shape index (κ3) is 2.28. The van der Waals surface area contributed by atoms with Crippen molar-refractivity contribution in [3.63, 3.8) is 0 Å². The van der Waals surface area contributed by atoms with Gasteiger partial charge in [0.25, 0.3) is 0 Å². The maximum atomic E-state index is 10.8. The summed E-state index contributed by atoms with van der Waals surface area (Å²) in [6, 6.07) is 1.97. The minimum Gasteiger partial charge on any atom is -0.359 e. The lowest BCUT2D eigenvalue weighted by atomic mass is 10.0. The molecular weight excluding hydrogens is 300 g/mol. The van der Waals surface area contributed by atoms with Crippen molar-refractivity contribution in [2.24, 2.45) is 0 Å². The second kappa shape index (κ2) is 4.17. The van der Waals surface area contributed by atoms with E-state index in [0.717, 1.165) is 32.8 Å². The minimum absolute atomic E-state index is 0.00833. The lowest BCUT2D eigenvalue weighted by Gasteiger charge is -2.16. The SMILES string of the molecule is CC1(C=O)CCC(c2cc(Br)c(Cl)s2)O1. The molecule has 2 rings (SSSR count). The Morgan fingerprint density at radius 2 is 2.53 bits per heavy atom. The fourth-order valence-electron chi connectivity index (χ4n) is 1.67. The molecule has 1 aromatic rings. The number of ether oxygens (including phenoxy) is 1. The van der Waals surface area contributed by atoms with Gasteiger partial charge < -0.3 is 9.53 Å². The highest BCUT2D eigenvalue weighted by Crippen LogP contribution is 2.44. The van der Waals surface area contributed by atoms with Crippen molar-refractivity contribution in [2.45, 2.75) is 31.5 Å². The Morgan fingerprint density at radius 1 is 1.80 bits per heavy atom. The Hall–Kier alpha value is 0.1000. The maximum absolute atomic E-state index is 10.8. The highest BCUT2D eigenvalue weighted by Gasteiger charge is 2.37. The second-order valence-electron chi connectivity index (χ2n) is 3.85. The van der Waals surface area contributed by atoms with Gasteiger partial charge in [0.2, 0.25) is 0 Å². The van der Waals surface area contributed by atoms with Crippen LogP contribution in [-0.4, -0.2) is 11.9 Å². The Balaban J connectivity index is 2.17. The monoisotopic (exact) mass is 308 g/mol. The standard InChI is InChI=1S/C10H10BrClO2S/c1-10(5-13)3-2-7(14-10)8-4-6(11)9(12)15-8/h4-5,7H,2-3H2,1H3. The average molecular weight is 310 g/mol. The summed E-state index contributed by atoms with van der Waals surface area (Å²) in [5, 5.41) is 0. The van der Waals surface area contributed by atoms with Gasteiger partial charge in [-0.3, -0.25) is 0 Å². The molecule has 0 bridgehead atoms. The molecule has 0 N–H and O–H groups in total. The van der Waals surface area contributed by atoms with E-state index in [9.17, 15) is 4.79 Å². The third-order valence-electron chi connectivity index (χ3n) is 2.55. The van der Waals surface area contributed by atoms with E-state index in [0.29, 0.717) is 0 Å². The quantitative estimate of drug-likeness (QED) is 0.773. The summed E-state index contributed by atoms with van der Waals surface area (Å²) in [5.74, 6) is 0. The van der Waals surface area contributed by atoms with Gasteiger partial charge in [0.05, 0.1) is 6.10 Å². The van der Waals surface area contributed by atoms with Crippen LogP contribution < -0.4 is 0 Å². The molecule has 82 valence electrons. The molecule has 1 aliphatic rings. The Morgan fingerprint density at radius 3 is 3.00 bits per heavy atom. The van der Waals surface area contributed by atoms with Crippen molar-refractivity contribution in [1.29, 1.82) is 0 Å². The minimum atomic E-state index is -0.617. The van der Waals surface area contributed by atoms with Gasteiger partial charge in [-0.1, -0.05) is 11.6 Å². The Bertz CT molecular complexity index is 373. The number of hydrogen-bond donors (Lipinski definition) is 0. The summed E-state index contributed by atoms with van der Waals surface area (Å²) in [5.41, 5.74) is -0.617. The van der Waals surface area contributed by atoms with Crippen molar-refractivity contribution < 1.29 is 9.53 Å². The molecule has 5 heteroatoms. The molecule has 15 heavy (non-hydrogen) atoms. The topological polar surface area (TPSA) is 26.3 Å². The summed E-state index contributed by atoms with van der Waals surface area (Å²) >= 11 is 10.8. The number of carbonyl (C=O) groups is 1. The lowest BCUT2D eigenvalue weighted by molar-refractivity contribution is -0.127. The highest BCUT2D eigenvalue weighted by atomic mass is 79.9. The van der Waals surface area contributed by atoms with Crippen LogP contribution in [0.1, 0.15) is 30.7 Å². The van der Waals surface area contributed by atoms with Gasteiger partial charge in [-0.25, -0.2) is 0 Å². The van der Waals surface area contributed by atoms with Crippen molar-refractivity contribution in [1.82, 2.24) is 0 Å². The summed E-state index contributed by atoms with van der Waals surface area (Å²) in [7, 11) is 0. The van der Waals surface area contributed by atoms with Gasteiger partial charge in [0.15, 0.2) is 6.29 Å². The Kier molecular flexibility index (Phi) is 3.22. The number of rotatable bonds is 2. The molecule has 0 aliphatic carbocycles. The summed E-state index contributed by atoms with van der Waals surface area (Å²) in [4.78, 5) is 11.9. The van der Waals surface area contributed by atoms with Crippen LogP contribution in [-0.2, 0) is 9.53 Å². The van der Waals surface area contributed by atoms with E-state index in [-0.39, 0.29) is 6.10 Å². The molecule has 2 unspecified atom stereocenters. The molecule has 1 aliphatic heterocycles. The predicted octanol–water partition coefficient (Wildman–Crippen LogP) is 3.97. The van der Waals surface area contributed by atoms with Gasteiger partial charge >= 0.3 is 0 Å². The van der Waals surface area contributed by atoms with E-state index in [1.54, 1.807) is 0 Å². The number of carbonyl (C=O) groups excluding carboxylic acids is 1.